The highest BCUT2D eigenvalue weighted by Gasteiger charge is 2.22. The first-order valence-corrected chi connectivity index (χ1v) is 12.9. The molecule has 1 aromatic carbocycles. The van der Waals surface area contributed by atoms with E-state index in [0.29, 0.717) is 29.4 Å². The van der Waals surface area contributed by atoms with Gasteiger partial charge in [-0.15, -0.1) is 10.2 Å². The zero-order valence-corrected chi connectivity index (χ0v) is 23.4. The topological polar surface area (TPSA) is 115 Å². The van der Waals surface area contributed by atoms with E-state index in [4.69, 9.17) is 14.9 Å². The van der Waals surface area contributed by atoms with Gasteiger partial charge in [-0.05, 0) is 48.9 Å². The van der Waals surface area contributed by atoms with Gasteiger partial charge in [0.2, 0.25) is 11.5 Å². The maximum atomic E-state index is 13.4. The Labute approximate surface area is 218 Å². The lowest BCUT2D eigenvalue weighted by Crippen LogP contribution is -2.27. The van der Waals surface area contributed by atoms with Gasteiger partial charge in [-0.2, -0.15) is 4.52 Å². The number of hydrogen-bond donors (Lipinski definition) is 2. The van der Waals surface area contributed by atoms with Crippen molar-refractivity contribution in [2.75, 3.05) is 13.2 Å². The smallest absolute Gasteiger partial charge is 0.242 e. The van der Waals surface area contributed by atoms with Crippen molar-refractivity contribution in [2.45, 2.75) is 86.3 Å². The van der Waals surface area contributed by atoms with Crippen molar-refractivity contribution in [2.24, 2.45) is 5.41 Å². The van der Waals surface area contributed by atoms with E-state index in [-0.39, 0.29) is 36.1 Å². The molecule has 0 aliphatic heterocycles. The third kappa shape index (κ3) is 6.77. The number of aliphatic hydroxyl groups is 1. The highest BCUT2D eigenvalue weighted by atomic mass is 16.5. The van der Waals surface area contributed by atoms with Crippen molar-refractivity contribution >= 4 is 11.4 Å². The Morgan fingerprint density at radius 1 is 1.08 bits per heavy atom. The number of nitrogens with zero attached hydrogens (tertiary/aromatic N) is 4. The van der Waals surface area contributed by atoms with Gasteiger partial charge in [0.1, 0.15) is 12.3 Å². The molecule has 0 bridgehead atoms. The minimum Gasteiger partial charge on any atom is -0.493 e. The molecule has 9 heteroatoms. The highest BCUT2D eigenvalue weighted by molar-refractivity contribution is 5.96. The minimum atomic E-state index is -0.407. The van der Waals surface area contributed by atoms with Gasteiger partial charge in [-0.25, -0.2) is 4.68 Å². The van der Waals surface area contributed by atoms with Gasteiger partial charge >= 0.3 is 0 Å². The molecule has 0 radical (unpaired) electrons. The van der Waals surface area contributed by atoms with Gasteiger partial charge in [0, 0.05) is 22.6 Å². The molecule has 0 atom stereocenters. The van der Waals surface area contributed by atoms with Crippen LogP contribution in [0.15, 0.2) is 24.3 Å². The summed E-state index contributed by atoms with van der Waals surface area (Å²) in [5.41, 5.74) is 2.15. The number of rotatable bonds is 11. The molecule has 2 heterocycles. The molecule has 0 saturated heterocycles. The van der Waals surface area contributed by atoms with E-state index in [2.05, 4.69) is 44.8 Å². The molecule has 0 saturated carbocycles. The van der Waals surface area contributed by atoms with Crippen molar-refractivity contribution in [1.82, 2.24) is 19.4 Å². The molecule has 3 aromatic rings. The maximum Gasteiger partial charge on any atom is 0.242 e. The molecule has 0 spiro atoms. The van der Waals surface area contributed by atoms with E-state index in [1.807, 2.05) is 39.0 Å². The summed E-state index contributed by atoms with van der Waals surface area (Å²) in [6, 6.07) is 7.34. The van der Waals surface area contributed by atoms with Crippen molar-refractivity contribution < 1.29 is 19.4 Å². The largest absolute Gasteiger partial charge is 0.493 e. The van der Waals surface area contributed by atoms with Crippen molar-refractivity contribution in [1.29, 1.82) is 5.41 Å². The van der Waals surface area contributed by atoms with Crippen LogP contribution in [0.2, 0.25) is 0 Å². The van der Waals surface area contributed by atoms with Crippen LogP contribution in [0.5, 0.6) is 11.6 Å². The predicted molar refractivity (Wildman–Crippen MR) is 142 cm³/mol. The van der Waals surface area contributed by atoms with Gasteiger partial charge in [-0.1, -0.05) is 48.5 Å². The van der Waals surface area contributed by atoms with Crippen LogP contribution in [-0.2, 0) is 12.0 Å². The number of aliphatic hydroxyl groups excluding tert-OH is 1. The first-order chi connectivity index (χ1) is 17.3. The van der Waals surface area contributed by atoms with Gasteiger partial charge < -0.3 is 14.6 Å². The molecular weight excluding hydrogens is 470 g/mol. The zero-order valence-electron chi connectivity index (χ0n) is 23.4. The average Bonchev–Trinajstić information content (AvgIpc) is 3.16. The summed E-state index contributed by atoms with van der Waals surface area (Å²) in [5, 5.41) is 27.2. The van der Waals surface area contributed by atoms with Crippen LogP contribution in [0.3, 0.4) is 0 Å². The first-order valence-electron chi connectivity index (χ1n) is 12.9. The average molecular weight is 512 g/mol. The van der Waals surface area contributed by atoms with Gasteiger partial charge in [-0.3, -0.25) is 10.2 Å². The standard InChI is InChI=1S/C28H41N5O4/c1-9-21(10-2)37-24-11-18(3)25-31-32(26(29)33(25)30-24)15-23(35)19-12-20(27(4,5)6)14-22(13-19)36-17-28(7,8)16-34/h11-14,21,29,34H,9-10,15-17H2,1-8H3. The molecule has 0 aliphatic rings. The Morgan fingerprint density at radius 3 is 2.35 bits per heavy atom. The highest BCUT2D eigenvalue weighted by Crippen LogP contribution is 2.29. The van der Waals surface area contributed by atoms with Crippen LogP contribution >= 0.6 is 0 Å². The minimum absolute atomic E-state index is 0.00501. The van der Waals surface area contributed by atoms with E-state index in [9.17, 15) is 9.90 Å². The van der Waals surface area contributed by atoms with Crippen LogP contribution in [0, 0.1) is 17.7 Å². The molecular formula is C28H41N5O4. The summed E-state index contributed by atoms with van der Waals surface area (Å²) in [7, 11) is 0. The van der Waals surface area contributed by atoms with Gasteiger partial charge in [0.25, 0.3) is 0 Å². The predicted octanol–water partition coefficient (Wildman–Crippen LogP) is 4.46. The fourth-order valence-electron chi connectivity index (χ4n) is 3.75. The summed E-state index contributed by atoms with van der Waals surface area (Å²) in [5.74, 6) is 0.822. The second-order valence-corrected chi connectivity index (χ2v) is 11.5. The van der Waals surface area contributed by atoms with Crippen LogP contribution in [0.25, 0.3) is 5.65 Å². The Balaban J connectivity index is 1.94. The molecule has 0 fully saturated rings. The van der Waals surface area contributed by atoms with Crippen LogP contribution < -0.4 is 15.1 Å². The Bertz CT molecular complexity index is 1310. The SMILES string of the molecule is CCC(CC)Oc1cc(C)c2nn(CC(=O)c3cc(OCC(C)(C)CO)cc(C(C)(C)C)c3)c(=N)n2n1. The zero-order chi connectivity index (χ0) is 27.5. The van der Waals surface area contributed by atoms with Gasteiger partial charge in [0.15, 0.2) is 11.4 Å². The second-order valence-electron chi connectivity index (χ2n) is 11.5. The number of aryl methyl sites for hydroxylation is 1. The molecule has 3 rings (SSSR count). The number of carbonyl (C=O) groups is 1. The van der Waals surface area contributed by atoms with E-state index in [1.54, 1.807) is 6.07 Å². The quantitative estimate of drug-likeness (QED) is 0.367. The maximum absolute atomic E-state index is 13.4. The number of nitrogens with one attached hydrogen (secondary N) is 1. The molecule has 0 aliphatic carbocycles. The molecule has 0 unspecified atom stereocenters. The molecule has 0 amide bonds. The van der Waals surface area contributed by atoms with Crippen LogP contribution in [0.1, 0.15) is 82.8 Å². The fourth-order valence-corrected chi connectivity index (χ4v) is 3.75. The molecule has 2 aromatic heterocycles. The van der Waals surface area contributed by atoms with Crippen molar-refractivity contribution in [3.8, 4) is 11.6 Å². The van der Waals surface area contributed by atoms with Crippen molar-refractivity contribution in [3.63, 3.8) is 0 Å². The Kier molecular flexibility index (Phi) is 8.47. The number of benzene rings is 1. The Hall–Kier alpha value is -3.20. The monoisotopic (exact) mass is 511 g/mol. The number of carbonyl (C=O) groups excluding carboxylic acids is 1. The van der Waals surface area contributed by atoms with Crippen molar-refractivity contribution in [3.05, 3.63) is 46.6 Å². The lowest BCUT2D eigenvalue weighted by molar-refractivity contribution is 0.0950. The number of fused-ring (bicyclic) bond motifs is 1. The van der Waals surface area contributed by atoms with E-state index in [1.165, 1.54) is 9.20 Å². The second kappa shape index (κ2) is 11.0. The lowest BCUT2D eigenvalue weighted by Gasteiger charge is -2.24. The van der Waals surface area contributed by atoms with Crippen LogP contribution in [-0.4, -0.2) is 49.6 Å². The summed E-state index contributed by atoms with van der Waals surface area (Å²) in [6.07, 6.45) is 1.77. The normalized spacial score (nSPS) is 12.4. The summed E-state index contributed by atoms with van der Waals surface area (Å²) in [6.45, 7) is 16.3. The Morgan fingerprint density at radius 2 is 1.76 bits per heavy atom. The van der Waals surface area contributed by atoms with E-state index in [0.717, 1.165) is 24.0 Å². The molecule has 37 heavy (non-hydrogen) atoms. The number of ether oxygens (including phenoxy) is 2. The number of ketones is 1. The lowest BCUT2D eigenvalue weighted by atomic mass is 9.85. The number of Topliss-reactive ketones (excluding diaryl/α,β-unsaturated/α-hetero) is 1. The first kappa shape index (κ1) is 28.4. The number of hydrogen-bond acceptors (Lipinski definition) is 7. The molecule has 2 N–H and O–H groups in total. The third-order valence-electron chi connectivity index (χ3n) is 6.40. The third-order valence-corrected chi connectivity index (χ3v) is 6.40. The van der Waals surface area contributed by atoms with Gasteiger partial charge in [0.05, 0.1) is 19.3 Å². The summed E-state index contributed by atoms with van der Waals surface area (Å²) in [4.78, 5) is 13.4. The summed E-state index contributed by atoms with van der Waals surface area (Å²) >= 11 is 0. The summed E-state index contributed by atoms with van der Waals surface area (Å²) < 4.78 is 14.7. The fraction of sp³-hybridized carbons (Fsp3) is 0.571. The molecule has 202 valence electrons. The van der Waals surface area contributed by atoms with Crippen LogP contribution in [0.4, 0.5) is 0 Å². The molecule has 9 nitrogen and oxygen atoms in total. The van der Waals surface area contributed by atoms with E-state index < -0.39 is 5.41 Å². The number of aromatic nitrogens is 4. The van der Waals surface area contributed by atoms with E-state index >= 15 is 0 Å².